The highest BCUT2D eigenvalue weighted by Gasteiger charge is 2.28. The first-order valence-corrected chi connectivity index (χ1v) is 10.9. The van der Waals surface area contributed by atoms with Gasteiger partial charge in [-0.2, -0.15) is 0 Å². The van der Waals surface area contributed by atoms with Crippen molar-refractivity contribution in [1.82, 2.24) is 20.2 Å². The zero-order valence-electron chi connectivity index (χ0n) is 16.7. The second-order valence-electron chi connectivity index (χ2n) is 7.96. The molecule has 2 heterocycles. The number of aromatic nitrogens is 2. The summed E-state index contributed by atoms with van der Waals surface area (Å²) in [7, 11) is 0. The van der Waals surface area contributed by atoms with Crippen LogP contribution in [0.25, 0.3) is 0 Å². The highest BCUT2D eigenvalue weighted by molar-refractivity contribution is 5.97. The molecule has 2 amide bonds. The predicted molar refractivity (Wildman–Crippen MR) is 106 cm³/mol. The van der Waals surface area contributed by atoms with Crippen LogP contribution in [0.3, 0.4) is 0 Å². The Hall–Kier alpha value is -1.85. The molecule has 27 heavy (non-hydrogen) atoms. The SMILES string of the molecule is CCCCCNC(=O)c1nc(C(=O)NC2CCCCCC2)c2n1CCCC2. The normalized spacial score (nSPS) is 17.8. The summed E-state index contributed by atoms with van der Waals surface area (Å²) in [4.78, 5) is 30.1. The lowest BCUT2D eigenvalue weighted by atomic mass is 10.1. The van der Waals surface area contributed by atoms with E-state index >= 15 is 0 Å². The molecule has 6 nitrogen and oxygen atoms in total. The summed E-state index contributed by atoms with van der Waals surface area (Å²) in [5.41, 5.74) is 1.41. The fourth-order valence-corrected chi connectivity index (χ4v) is 4.23. The van der Waals surface area contributed by atoms with Gasteiger partial charge in [0, 0.05) is 19.1 Å². The predicted octanol–water partition coefficient (Wildman–Crippen LogP) is 3.59. The van der Waals surface area contributed by atoms with Gasteiger partial charge in [0.05, 0.1) is 5.69 Å². The van der Waals surface area contributed by atoms with Crippen molar-refractivity contribution in [3.05, 3.63) is 17.2 Å². The summed E-state index contributed by atoms with van der Waals surface area (Å²) < 4.78 is 1.97. The van der Waals surface area contributed by atoms with Gasteiger partial charge in [-0.1, -0.05) is 45.4 Å². The molecule has 0 bridgehead atoms. The first kappa shape index (κ1) is 19.9. The minimum absolute atomic E-state index is 0.0995. The Balaban J connectivity index is 1.72. The zero-order chi connectivity index (χ0) is 19.1. The Morgan fingerprint density at radius 1 is 1.04 bits per heavy atom. The average Bonchev–Trinajstić information content (AvgIpc) is 2.88. The van der Waals surface area contributed by atoms with E-state index in [0.717, 1.165) is 63.6 Å². The Labute approximate surface area is 162 Å². The number of nitrogens with one attached hydrogen (secondary N) is 2. The van der Waals surface area contributed by atoms with Crippen molar-refractivity contribution in [3.63, 3.8) is 0 Å². The minimum atomic E-state index is -0.150. The molecule has 0 unspecified atom stereocenters. The van der Waals surface area contributed by atoms with E-state index < -0.39 is 0 Å². The molecule has 1 aromatic rings. The number of hydrogen-bond acceptors (Lipinski definition) is 3. The summed E-state index contributed by atoms with van der Waals surface area (Å²) in [5.74, 6) is 0.160. The van der Waals surface area contributed by atoms with Gasteiger partial charge in [-0.25, -0.2) is 4.98 Å². The number of rotatable bonds is 7. The lowest BCUT2D eigenvalue weighted by Crippen LogP contribution is -2.35. The van der Waals surface area contributed by atoms with Crippen molar-refractivity contribution in [1.29, 1.82) is 0 Å². The second kappa shape index (κ2) is 9.90. The molecule has 0 atom stereocenters. The molecule has 6 heteroatoms. The van der Waals surface area contributed by atoms with Gasteiger partial charge in [0.1, 0.15) is 5.69 Å². The smallest absolute Gasteiger partial charge is 0.287 e. The lowest BCUT2D eigenvalue weighted by Gasteiger charge is -2.18. The van der Waals surface area contributed by atoms with Crippen molar-refractivity contribution in [2.24, 2.45) is 0 Å². The van der Waals surface area contributed by atoms with Crippen LogP contribution in [0.15, 0.2) is 0 Å². The summed E-state index contributed by atoms with van der Waals surface area (Å²) in [6, 6.07) is 0.243. The number of unbranched alkanes of at least 4 members (excludes halogenated alkanes) is 2. The molecule has 1 fully saturated rings. The van der Waals surface area contributed by atoms with Gasteiger partial charge in [0.2, 0.25) is 0 Å². The highest BCUT2D eigenvalue weighted by Crippen LogP contribution is 2.22. The Kier molecular flexibility index (Phi) is 7.30. The minimum Gasteiger partial charge on any atom is -0.349 e. The van der Waals surface area contributed by atoms with E-state index in [1.165, 1.54) is 25.7 Å². The molecule has 3 rings (SSSR count). The molecule has 1 aliphatic heterocycles. The first-order valence-electron chi connectivity index (χ1n) is 10.9. The maximum atomic E-state index is 12.9. The summed E-state index contributed by atoms with van der Waals surface area (Å²) in [5, 5.41) is 6.16. The standard InChI is InChI=1S/C21H34N4O2/c1-2-3-9-14-22-21(27)19-24-18(17-13-8-10-15-25(17)19)20(26)23-16-11-6-4-5-7-12-16/h16H,2-15H2,1H3,(H,22,27)(H,23,26). The van der Waals surface area contributed by atoms with E-state index in [0.29, 0.717) is 18.1 Å². The van der Waals surface area contributed by atoms with Crippen molar-refractivity contribution in [2.45, 2.75) is 96.6 Å². The molecule has 0 spiro atoms. The number of imidazole rings is 1. The van der Waals surface area contributed by atoms with E-state index in [1.54, 1.807) is 0 Å². The van der Waals surface area contributed by atoms with Gasteiger partial charge in [0.15, 0.2) is 5.82 Å². The second-order valence-corrected chi connectivity index (χ2v) is 7.96. The molecular formula is C21H34N4O2. The van der Waals surface area contributed by atoms with E-state index in [9.17, 15) is 9.59 Å². The molecule has 2 N–H and O–H groups in total. The van der Waals surface area contributed by atoms with E-state index in [2.05, 4.69) is 22.5 Å². The summed E-state index contributed by atoms with van der Waals surface area (Å²) >= 11 is 0. The third-order valence-electron chi connectivity index (χ3n) is 5.79. The number of nitrogens with zero attached hydrogens (tertiary/aromatic N) is 2. The molecular weight excluding hydrogens is 340 g/mol. The van der Waals surface area contributed by atoms with Crippen molar-refractivity contribution in [2.75, 3.05) is 6.54 Å². The molecule has 1 saturated carbocycles. The largest absolute Gasteiger partial charge is 0.349 e. The fourth-order valence-electron chi connectivity index (χ4n) is 4.23. The van der Waals surface area contributed by atoms with Crippen LogP contribution in [0, 0.1) is 0 Å². The summed E-state index contributed by atoms with van der Waals surface area (Å²) in [6.45, 7) is 3.58. The van der Waals surface area contributed by atoms with E-state index in [1.807, 2.05) is 4.57 Å². The Bertz CT molecular complexity index is 645. The van der Waals surface area contributed by atoms with Crippen LogP contribution in [0.1, 0.15) is 104 Å². The quantitative estimate of drug-likeness (QED) is 0.566. The molecule has 0 aromatic carbocycles. The molecule has 2 aliphatic rings. The Morgan fingerprint density at radius 2 is 1.81 bits per heavy atom. The number of carbonyl (C=O) groups is 2. The van der Waals surface area contributed by atoms with Crippen LogP contribution < -0.4 is 10.6 Å². The van der Waals surface area contributed by atoms with Gasteiger partial charge in [-0.15, -0.1) is 0 Å². The van der Waals surface area contributed by atoms with Gasteiger partial charge in [-0.05, 0) is 38.5 Å². The van der Waals surface area contributed by atoms with Crippen LogP contribution in [0.5, 0.6) is 0 Å². The van der Waals surface area contributed by atoms with Crippen molar-refractivity contribution < 1.29 is 9.59 Å². The molecule has 1 aliphatic carbocycles. The summed E-state index contributed by atoms with van der Waals surface area (Å²) in [6.07, 6.45) is 13.1. The van der Waals surface area contributed by atoms with Crippen molar-refractivity contribution in [3.8, 4) is 0 Å². The first-order chi connectivity index (χ1) is 13.2. The van der Waals surface area contributed by atoms with Crippen LogP contribution in [0.4, 0.5) is 0 Å². The van der Waals surface area contributed by atoms with Gasteiger partial charge in [-0.3, -0.25) is 9.59 Å². The highest BCUT2D eigenvalue weighted by atomic mass is 16.2. The molecule has 1 aromatic heterocycles. The third kappa shape index (κ3) is 5.11. The number of carbonyl (C=O) groups excluding carboxylic acids is 2. The van der Waals surface area contributed by atoms with Crippen LogP contribution in [-0.2, 0) is 13.0 Å². The number of fused-ring (bicyclic) bond motifs is 1. The van der Waals surface area contributed by atoms with Crippen LogP contribution in [0.2, 0.25) is 0 Å². The van der Waals surface area contributed by atoms with E-state index in [4.69, 9.17) is 0 Å². The maximum Gasteiger partial charge on any atom is 0.287 e. The third-order valence-corrected chi connectivity index (χ3v) is 5.79. The average molecular weight is 375 g/mol. The van der Waals surface area contributed by atoms with Crippen LogP contribution >= 0.6 is 0 Å². The topological polar surface area (TPSA) is 76.0 Å². The monoisotopic (exact) mass is 374 g/mol. The fraction of sp³-hybridized carbons (Fsp3) is 0.762. The molecule has 150 valence electrons. The molecule has 0 radical (unpaired) electrons. The maximum absolute atomic E-state index is 12.9. The van der Waals surface area contributed by atoms with Gasteiger partial charge < -0.3 is 15.2 Å². The van der Waals surface area contributed by atoms with Gasteiger partial charge >= 0.3 is 0 Å². The Morgan fingerprint density at radius 3 is 2.56 bits per heavy atom. The number of amides is 2. The van der Waals surface area contributed by atoms with E-state index in [-0.39, 0.29) is 17.9 Å². The zero-order valence-corrected chi connectivity index (χ0v) is 16.7. The number of hydrogen-bond donors (Lipinski definition) is 2. The van der Waals surface area contributed by atoms with Crippen molar-refractivity contribution >= 4 is 11.8 Å². The van der Waals surface area contributed by atoms with Crippen LogP contribution in [-0.4, -0.2) is 34.0 Å². The molecule has 0 saturated heterocycles. The van der Waals surface area contributed by atoms with Gasteiger partial charge in [0.25, 0.3) is 11.8 Å². The lowest BCUT2D eigenvalue weighted by molar-refractivity contribution is 0.0927.